The lowest BCUT2D eigenvalue weighted by atomic mass is 10.3. The van der Waals surface area contributed by atoms with Crippen LogP contribution in [0.1, 0.15) is 18.7 Å². The van der Waals surface area contributed by atoms with Crippen LogP contribution >= 0.6 is 22.6 Å². The van der Waals surface area contributed by atoms with Gasteiger partial charge in [0.05, 0.1) is 16.2 Å². The second kappa shape index (κ2) is 5.45. The number of aliphatic hydroxyl groups excluding tert-OH is 1. The second-order valence-corrected chi connectivity index (χ2v) is 5.57. The molecule has 1 atom stereocenters. The molecule has 1 aromatic heterocycles. The van der Waals surface area contributed by atoms with Crippen molar-refractivity contribution in [3.63, 3.8) is 0 Å². The molecule has 0 spiro atoms. The first-order valence-corrected chi connectivity index (χ1v) is 6.79. The summed E-state index contributed by atoms with van der Waals surface area (Å²) in [5.74, 6) is 0.640. The van der Waals surface area contributed by atoms with Gasteiger partial charge in [-0.2, -0.15) is 0 Å². The number of nitrogens with zero attached hydrogens (tertiary/aromatic N) is 2. The van der Waals surface area contributed by atoms with E-state index < -0.39 is 6.10 Å². The molecule has 0 saturated heterocycles. The lowest BCUT2D eigenvalue weighted by molar-refractivity contribution is 0.148. The third-order valence-electron chi connectivity index (χ3n) is 2.82. The molecule has 1 aliphatic carbocycles. The van der Waals surface area contributed by atoms with E-state index in [1.807, 2.05) is 22.6 Å². The van der Waals surface area contributed by atoms with Crippen molar-refractivity contribution in [3.05, 3.63) is 25.9 Å². The lowest BCUT2D eigenvalue weighted by Crippen LogP contribution is -2.36. The van der Waals surface area contributed by atoms with Crippen molar-refractivity contribution in [1.82, 2.24) is 14.9 Å². The second-order valence-electron chi connectivity index (χ2n) is 4.41. The largest absolute Gasteiger partial charge is 0.390 e. The molecule has 0 amide bonds. The summed E-state index contributed by atoms with van der Waals surface area (Å²) in [6.45, 7) is 2.61. The van der Waals surface area contributed by atoms with E-state index in [1.165, 1.54) is 17.4 Å². The van der Waals surface area contributed by atoms with Crippen molar-refractivity contribution in [1.29, 1.82) is 0 Å². The summed E-state index contributed by atoms with van der Waals surface area (Å²) in [6, 6.07) is 0.566. The molecule has 1 aliphatic rings. The van der Waals surface area contributed by atoms with Gasteiger partial charge in [0.1, 0.15) is 5.82 Å². The van der Waals surface area contributed by atoms with Gasteiger partial charge < -0.3 is 10.4 Å². The fraction of sp³-hybridized carbons (Fsp3) is 0.636. The van der Waals surface area contributed by atoms with Crippen molar-refractivity contribution >= 4 is 22.6 Å². The summed E-state index contributed by atoms with van der Waals surface area (Å²) < 4.78 is 2.11. The summed E-state index contributed by atoms with van der Waals surface area (Å²) in [4.78, 5) is 16.0. The van der Waals surface area contributed by atoms with Gasteiger partial charge in [0.2, 0.25) is 0 Å². The van der Waals surface area contributed by atoms with Gasteiger partial charge in [0.25, 0.3) is 5.56 Å². The molecular weight excluding hydrogens is 333 g/mol. The molecule has 1 fully saturated rings. The summed E-state index contributed by atoms with van der Waals surface area (Å²) >= 11 is 1.96. The van der Waals surface area contributed by atoms with Crippen molar-refractivity contribution in [2.75, 3.05) is 6.54 Å². The zero-order valence-corrected chi connectivity index (χ0v) is 11.8. The molecule has 0 radical (unpaired) electrons. The molecule has 5 nitrogen and oxygen atoms in total. The number of nitrogens with one attached hydrogen (secondary N) is 1. The van der Waals surface area contributed by atoms with Crippen LogP contribution in [0.5, 0.6) is 0 Å². The first-order chi connectivity index (χ1) is 8.08. The van der Waals surface area contributed by atoms with Gasteiger partial charge in [-0.15, -0.1) is 0 Å². The van der Waals surface area contributed by atoms with Gasteiger partial charge in [0, 0.05) is 18.8 Å². The number of hydrogen-bond donors (Lipinski definition) is 2. The van der Waals surface area contributed by atoms with Gasteiger partial charge >= 0.3 is 0 Å². The Balaban J connectivity index is 2.01. The normalized spacial score (nSPS) is 17.1. The third kappa shape index (κ3) is 3.49. The van der Waals surface area contributed by atoms with Crippen LogP contribution in [0.4, 0.5) is 0 Å². The van der Waals surface area contributed by atoms with Crippen LogP contribution in [0.25, 0.3) is 0 Å². The first-order valence-electron chi connectivity index (χ1n) is 5.71. The number of hydrogen-bond acceptors (Lipinski definition) is 4. The average molecular weight is 349 g/mol. The molecule has 6 heteroatoms. The van der Waals surface area contributed by atoms with Crippen LogP contribution < -0.4 is 10.9 Å². The van der Waals surface area contributed by atoms with Crippen LogP contribution in [0.15, 0.2) is 11.0 Å². The Labute approximate surface area is 113 Å². The minimum Gasteiger partial charge on any atom is -0.390 e. The van der Waals surface area contributed by atoms with Crippen molar-refractivity contribution in [3.8, 4) is 0 Å². The predicted molar refractivity (Wildman–Crippen MR) is 73.0 cm³/mol. The SMILES string of the molecule is Cc1ncc(I)c(=O)n1CC(O)CNC1CC1. The molecule has 2 N–H and O–H groups in total. The molecule has 94 valence electrons. The van der Waals surface area contributed by atoms with Crippen molar-refractivity contribution in [2.24, 2.45) is 0 Å². The molecule has 1 unspecified atom stereocenters. The van der Waals surface area contributed by atoms with Crippen molar-refractivity contribution < 1.29 is 5.11 Å². The minimum atomic E-state index is -0.549. The molecular formula is C11H16IN3O2. The van der Waals surface area contributed by atoms with E-state index in [0.717, 1.165) is 0 Å². The zero-order valence-electron chi connectivity index (χ0n) is 9.69. The Morgan fingerprint density at radius 2 is 2.41 bits per heavy atom. The molecule has 1 heterocycles. The van der Waals surface area contributed by atoms with Gasteiger partial charge in [-0.3, -0.25) is 9.36 Å². The highest BCUT2D eigenvalue weighted by atomic mass is 127. The Hall–Kier alpha value is -0.470. The van der Waals surface area contributed by atoms with Crippen molar-refractivity contribution in [2.45, 2.75) is 38.5 Å². The van der Waals surface area contributed by atoms with E-state index in [2.05, 4.69) is 10.3 Å². The topological polar surface area (TPSA) is 67.2 Å². The molecule has 1 aromatic rings. The van der Waals surface area contributed by atoms with Gasteiger partial charge in [-0.25, -0.2) is 4.98 Å². The number of rotatable bonds is 5. The van der Waals surface area contributed by atoms with Crippen LogP contribution in [0, 0.1) is 10.5 Å². The number of aliphatic hydroxyl groups is 1. The smallest absolute Gasteiger partial charge is 0.267 e. The Kier molecular flexibility index (Phi) is 4.16. The maximum absolute atomic E-state index is 11.9. The monoisotopic (exact) mass is 349 g/mol. The number of halogens is 1. The molecule has 0 bridgehead atoms. The molecule has 0 aromatic carbocycles. The average Bonchev–Trinajstić information content (AvgIpc) is 3.11. The van der Waals surface area contributed by atoms with Gasteiger partial charge in [-0.1, -0.05) is 0 Å². The van der Waals surface area contributed by atoms with E-state index in [0.29, 0.717) is 28.5 Å². The predicted octanol–water partition coefficient (Wildman–Crippen LogP) is 0.269. The first kappa shape index (κ1) is 13.0. The van der Waals surface area contributed by atoms with E-state index in [4.69, 9.17) is 0 Å². The molecule has 0 aliphatic heterocycles. The Morgan fingerprint density at radius 1 is 1.71 bits per heavy atom. The maximum Gasteiger partial charge on any atom is 0.267 e. The summed E-state index contributed by atoms with van der Waals surface area (Å²) in [5, 5.41) is 13.1. The van der Waals surface area contributed by atoms with Crippen LogP contribution in [0.2, 0.25) is 0 Å². The van der Waals surface area contributed by atoms with E-state index in [-0.39, 0.29) is 5.56 Å². The lowest BCUT2D eigenvalue weighted by Gasteiger charge is -2.15. The summed E-state index contributed by atoms with van der Waals surface area (Å²) in [7, 11) is 0. The highest BCUT2D eigenvalue weighted by Crippen LogP contribution is 2.18. The quantitative estimate of drug-likeness (QED) is 0.749. The Morgan fingerprint density at radius 3 is 3.06 bits per heavy atom. The fourth-order valence-electron chi connectivity index (χ4n) is 1.63. The zero-order chi connectivity index (χ0) is 12.4. The van der Waals surface area contributed by atoms with E-state index in [9.17, 15) is 9.90 Å². The fourth-order valence-corrected chi connectivity index (χ4v) is 2.06. The molecule has 17 heavy (non-hydrogen) atoms. The van der Waals surface area contributed by atoms with Crippen LogP contribution in [-0.4, -0.2) is 33.3 Å². The molecule has 2 rings (SSSR count). The van der Waals surface area contributed by atoms with Gasteiger partial charge in [-0.05, 0) is 42.4 Å². The highest BCUT2D eigenvalue weighted by molar-refractivity contribution is 14.1. The van der Waals surface area contributed by atoms with Crippen LogP contribution in [-0.2, 0) is 6.54 Å². The summed E-state index contributed by atoms with van der Waals surface area (Å²) in [5.41, 5.74) is -0.0800. The highest BCUT2D eigenvalue weighted by Gasteiger charge is 2.21. The standard InChI is InChI=1S/C11H16IN3O2/c1-7-13-5-10(12)11(17)15(7)6-9(16)4-14-8-2-3-8/h5,8-9,14,16H,2-4,6H2,1H3. The maximum atomic E-state index is 11.9. The number of aromatic nitrogens is 2. The number of aryl methyl sites for hydroxylation is 1. The van der Waals surface area contributed by atoms with E-state index in [1.54, 1.807) is 13.1 Å². The minimum absolute atomic E-state index is 0.0800. The molecule has 1 saturated carbocycles. The Bertz CT molecular complexity index is 457. The van der Waals surface area contributed by atoms with Crippen LogP contribution in [0.3, 0.4) is 0 Å². The third-order valence-corrected chi connectivity index (χ3v) is 3.56. The van der Waals surface area contributed by atoms with Gasteiger partial charge in [0.15, 0.2) is 0 Å². The van der Waals surface area contributed by atoms with E-state index >= 15 is 0 Å². The summed E-state index contributed by atoms with van der Waals surface area (Å²) in [6.07, 6.45) is 3.39.